The zero-order valence-electron chi connectivity index (χ0n) is 13.6. The number of piperidine rings is 1. The van der Waals surface area contributed by atoms with Gasteiger partial charge in [-0.15, -0.1) is 12.4 Å². The first-order chi connectivity index (χ1) is 10.2. The summed E-state index contributed by atoms with van der Waals surface area (Å²) in [6.07, 6.45) is 6.97. The fourth-order valence-corrected chi connectivity index (χ4v) is 4.97. The highest BCUT2D eigenvalue weighted by Crippen LogP contribution is 2.44. The topological polar surface area (TPSA) is 15.3 Å². The van der Waals surface area contributed by atoms with Crippen LogP contribution in [-0.4, -0.2) is 36.6 Å². The zero-order chi connectivity index (χ0) is 14.3. The Hall–Kier alpha value is -0.570. The van der Waals surface area contributed by atoms with E-state index in [1.165, 1.54) is 51.7 Å². The molecular weight excluding hydrogens is 292 g/mol. The molecule has 0 aliphatic carbocycles. The predicted molar refractivity (Wildman–Crippen MR) is 94.8 cm³/mol. The molecule has 0 aromatic heterocycles. The summed E-state index contributed by atoms with van der Waals surface area (Å²) >= 11 is 0. The SMILES string of the molecule is CC1(CN2[C@@H]3CC[C@H]2CC(c2ccccc2)C3)CCNC1.Cl. The van der Waals surface area contributed by atoms with Gasteiger partial charge in [0.05, 0.1) is 0 Å². The molecule has 2 unspecified atom stereocenters. The van der Waals surface area contributed by atoms with Gasteiger partial charge in [-0.2, -0.15) is 0 Å². The molecule has 3 saturated heterocycles. The van der Waals surface area contributed by atoms with Crippen molar-refractivity contribution in [1.29, 1.82) is 0 Å². The van der Waals surface area contributed by atoms with Gasteiger partial charge in [0.1, 0.15) is 0 Å². The number of halogens is 1. The van der Waals surface area contributed by atoms with E-state index < -0.39 is 0 Å². The van der Waals surface area contributed by atoms with Crippen LogP contribution < -0.4 is 5.32 Å². The molecular formula is C19H29ClN2. The van der Waals surface area contributed by atoms with Gasteiger partial charge in [0.2, 0.25) is 0 Å². The lowest BCUT2D eigenvalue weighted by Gasteiger charge is -2.43. The van der Waals surface area contributed by atoms with E-state index in [4.69, 9.17) is 0 Å². The van der Waals surface area contributed by atoms with Crippen LogP contribution in [0.15, 0.2) is 30.3 Å². The zero-order valence-corrected chi connectivity index (χ0v) is 14.4. The van der Waals surface area contributed by atoms with Gasteiger partial charge in [0.15, 0.2) is 0 Å². The number of nitrogens with one attached hydrogen (secondary N) is 1. The van der Waals surface area contributed by atoms with Crippen molar-refractivity contribution in [3.05, 3.63) is 35.9 Å². The molecule has 2 nitrogen and oxygen atoms in total. The second-order valence-corrected chi connectivity index (χ2v) is 7.87. The van der Waals surface area contributed by atoms with Crippen LogP contribution in [0.5, 0.6) is 0 Å². The Balaban J connectivity index is 0.00000144. The first kappa shape index (κ1) is 16.3. The van der Waals surface area contributed by atoms with Crippen molar-refractivity contribution in [3.63, 3.8) is 0 Å². The molecule has 0 amide bonds. The summed E-state index contributed by atoms with van der Waals surface area (Å²) in [5, 5.41) is 3.56. The van der Waals surface area contributed by atoms with E-state index in [1.54, 1.807) is 5.56 Å². The molecule has 0 spiro atoms. The summed E-state index contributed by atoms with van der Waals surface area (Å²) in [4.78, 5) is 2.88. The second kappa shape index (κ2) is 6.51. The van der Waals surface area contributed by atoms with E-state index in [-0.39, 0.29) is 12.4 Å². The third-order valence-corrected chi connectivity index (χ3v) is 6.18. The van der Waals surface area contributed by atoms with E-state index in [9.17, 15) is 0 Å². The smallest absolute Gasteiger partial charge is 0.0105 e. The maximum atomic E-state index is 3.56. The van der Waals surface area contributed by atoms with E-state index in [0.29, 0.717) is 5.41 Å². The van der Waals surface area contributed by atoms with Crippen molar-refractivity contribution >= 4 is 12.4 Å². The molecule has 122 valence electrons. The molecule has 0 radical (unpaired) electrons. The van der Waals surface area contributed by atoms with Crippen LogP contribution in [0.2, 0.25) is 0 Å². The molecule has 1 N–H and O–H groups in total. The van der Waals surface area contributed by atoms with Gasteiger partial charge in [-0.25, -0.2) is 0 Å². The molecule has 22 heavy (non-hydrogen) atoms. The van der Waals surface area contributed by atoms with Crippen LogP contribution in [0.4, 0.5) is 0 Å². The number of benzene rings is 1. The van der Waals surface area contributed by atoms with Gasteiger partial charge >= 0.3 is 0 Å². The van der Waals surface area contributed by atoms with Crippen LogP contribution in [-0.2, 0) is 0 Å². The van der Waals surface area contributed by atoms with Gasteiger partial charge in [0, 0.05) is 25.2 Å². The molecule has 3 fully saturated rings. The van der Waals surface area contributed by atoms with Crippen molar-refractivity contribution in [3.8, 4) is 0 Å². The summed E-state index contributed by atoms with van der Waals surface area (Å²) in [6.45, 7) is 6.23. The average Bonchev–Trinajstić information content (AvgIpc) is 3.01. The van der Waals surface area contributed by atoms with Crippen LogP contribution in [0.25, 0.3) is 0 Å². The maximum Gasteiger partial charge on any atom is 0.0105 e. The fraction of sp³-hybridized carbons (Fsp3) is 0.684. The summed E-state index contributed by atoms with van der Waals surface area (Å²) in [7, 11) is 0. The molecule has 4 rings (SSSR count). The minimum Gasteiger partial charge on any atom is -0.316 e. The minimum absolute atomic E-state index is 0. The first-order valence-corrected chi connectivity index (χ1v) is 8.75. The third-order valence-electron chi connectivity index (χ3n) is 6.18. The molecule has 1 aromatic rings. The summed E-state index contributed by atoms with van der Waals surface area (Å²) in [5.41, 5.74) is 2.09. The Bertz CT molecular complexity index is 469. The molecule has 3 heterocycles. The minimum atomic E-state index is 0. The third kappa shape index (κ3) is 3.06. The number of hydrogen-bond acceptors (Lipinski definition) is 2. The summed E-state index contributed by atoms with van der Waals surface area (Å²) < 4.78 is 0. The maximum absolute atomic E-state index is 3.56. The average molecular weight is 321 g/mol. The Morgan fingerprint density at radius 2 is 1.82 bits per heavy atom. The lowest BCUT2D eigenvalue weighted by Crippen LogP contribution is -2.47. The number of hydrogen-bond donors (Lipinski definition) is 1. The Morgan fingerprint density at radius 1 is 1.14 bits per heavy atom. The normalized spacial score (nSPS) is 38.0. The number of rotatable bonds is 3. The molecule has 3 heteroatoms. The van der Waals surface area contributed by atoms with Gasteiger partial charge in [-0.3, -0.25) is 4.90 Å². The summed E-state index contributed by atoms with van der Waals surface area (Å²) in [6, 6.07) is 12.9. The van der Waals surface area contributed by atoms with Gasteiger partial charge in [0.25, 0.3) is 0 Å². The van der Waals surface area contributed by atoms with E-state index in [2.05, 4.69) is 47.5 Å². The van der Waals surface area contributed by atoms with Crippen molar-refractivity contribution in [2.45, 2.75) is 57.0 Å². The lowest BCUT2D eigenvalue weighted by molar-refractivity contribution is 0.0799. The summed E-state index contributed by atoms with van der Waals surface area (Å²) in [5.74, 6) is 0.800. The molecule has 2 bridgehead atoms. The Kier molecular flexibility index (Phi) is 4.82. The lowest BCUT2D eigenvalue weighted by atomic mass is 9.82. The van der Waals surface area contributed by atoms with Crippen molar-refractivity contribution in [2.24, 2.45) is 5.41 Å². The Labute approximate surface area is 141 Å². The highest BCUT2D eigenvalue weighted by molar-refractivity contribution is 5.85. The van der Waals surface area contributed by atoms with Crippen molar-refractivity contribution in [1.82, 2.24) is 10.2 Å². The van der Waals surface area contributed by atoms with E-state index >= 15 is 0 Å². The van der Waals surface area contributed by atoms with Gasteiger partial charge < -0.3 is 5.32 Å². The standard InChI is InChI=1S/C19H28N2.ClH/c1-19(9-10-20-13-19)14-21-17-7-8-18(21)12-16(11-17)15-5-3-2-4-6-15;/h2-6,16-18,20H,7-14H2,1H3;1H/t16?,17-,18+,19?;. The molecule has 4 atom stereocenters. The number of fused-ring (bicyclic) bond motifs is 2. The van der Waals surface area contributed by atoms with Crippen LogP contribution in [0.3, 0.4) is 0 Å². The molecule has 0 saturated carbocycles. The first-order valence-electron chi connectivity index (χ1n) is 8.75. The molecule has 1 aromatic carbocycles. The van der Waals surface area contributed by atoms with Crippen LogP contribution in [0.1, 0.15) is 50.5 Å². The van der Waals surface area contributed by atoms with Gasteiger partial charge in [-0.05, 0) is 55.5 Å². The number of nitrogens with zero attached hydrogens (tertiary/aromatic N) is 1. The van der Waals surface area contributed by atoms with Crippen molar-refractivity contribution in [2.75, 3.05) is 19.6 Å². The highest BCUT2D eigenvalue weighted by Gasteiger charge is 2.44. The van der Waals surface area contributed by atoms with Crippen molar-refractivity contribution < 1.29 is 0 Å². The quantitative estimate of drug-likeness (QED) is 0.911. The van der Waals surface area contributed by atoms with Crippen LogP contribution >= 0.6 is 12.4 Å². The fourth-order valence-electron chi connectivity index (χ4n) is 4.97. The molecule has 3 aliphatic heterocycles. The van der Waals surface area contributed by atoms with E-state index in [0.717, 1.165) is 18.0 Å². The Morgan fingerprint density at radius 3 is 2.41 bits per heavy atom. The van der Waals surface area contributed by atoms with Gasteiger partial charge in [-0.1, -0.05) is 37.3 Å². The highest BCUT2D eigenvalue weighted by atomic mass is 35.5. The van der Waals surface area contributed by atoms with E-state index in [1.807, 2.05) is 0 Å². The molecule has 3 aliphatic rings. The monoisotopic (exact) mass is 320 g/mol. The largest absolute Gasteiger partial charge is 0.316 e. The predicted octanol–water partition coefficient (Wildman–Crippen LogP) is 3.82. The van der Waals surface area contributed by atoms with Crippen LogP contribution in [0, 0.1) is 5.41 Å². The second-order valence-electron chi connectivity index (χ2n) is 7.87.